The summed E-state index contributed by atoms with van der Waals surface area (Å²) in [5.74, 6) is 0.655. The highest BCUT2D eigenvalue weighted by Crippen LogP contribution is 2.31. The number of sulfonamides is 1. The first-order valence-corrected chi connectivity index (χ1v) is 10.9. The maximum atomic E-state index is 13.1. The molecule has 1 N–H and O–H groups in total. The van der Waals surface area contributed by atoms with Gasteiger partial charge in [0.1, 0.15) is 5.75 Å². The monoisotopic (exact) mass is 417 g/mol. The van der Waals surface area contributed by atoms with Crippen LogP contribution < -0.4 is 4.74 Å². The summed E-state index contributed by atoms with van der Waals surface area (Å²) in [5.41, 5.74) is 3.55. The van der Waals surface area contributed by atoms with Crippen LogP contribution in [0.25, 0.3) is 11.3 Å². The largest absolute Gasteiger partial charge is 0.494 e. The van der Waals surface area contributed by atoms with Crippen molar-refractivity contribution in [2.45, 2.75) is 24.8 Å². The number of nitrogens with zero attached hydrogens (tertiary/aromatic N) is 2. The number of aromatic nitrogens is 2. The summed E-state index contributed by atoms with van der Waals surface area (Å²) in [5, 5.41) is 8.11. The van der Waals surface area contributed by atoms with Gasteiger partial charge in [-0.2, -0.15) is 9.40 Å². The van der Waals surface area contributed by atoms with Gasteiger partial charge in [-0.3, -0.25) is 5.10 Å². The fraction of sp³-hybridized carbons (Fsp3) is 0.250. The third-order valence-corrected chi connectivity index (χ3v) is 6.90. The molecule has 0 unspecified atom stereocenters. The molecule has 0 saturated carbocycles. The zero-order valence-electron chi connectivity index (χ0n) is 15.4. The van der Waals surface area contributed by atoms with Gasteiger partial charge in [-0.15, -0.1) is 0 Å². The number of halogens is 1. The standard InChI is InChI=1S/C20H20ClN3O3S/c1-2-27-16-7-9-17(10-8-16)28(25,26)24-12-11-19-18(13-24)20(23-22-19)14-3-5-15(21)6-4-14/h3-10H,2,11-13H2,1H3,(H,22,23). The van der Waals surface area contributed by atoms with Crippen LogP contribution in [0.15, 0.2) is 53.4 Å². The third-order valence-electron chi connectivity index (χ3n) is 4.79. The minimum absolute atomic E-state index is 0.260. The van der Waals surface area contributed by atoms with E-state index in [1.54, 1.807) is 36.4 Å². The Kier molecular flexibility index (Phi) is 5.14. The van der Waals surface area contributed by atoms with Crippen LogP contribution in [0.3, 0.4) is 0 Å². The lowest BCUT2D eigenvalue weighted by molar-refractivity contribution is 0.340. The van der Waals surface area contributed by atoms with Crippen LogP contribution in [0.1, 0.15) is 18.2 Å². The number of aromatic amines is 1. The van der Waals surface area contributed by atoms with Crippen LogP contribution in [-0.2, 0) is 23.0 Å². The molecule has 0 amide bonds. The predicted octanol–water partition coefficient (Wildman–Crippen LogP) is 3.88. The molecule has 6 nitrogen and oxygen atoms in total. The number of nitrogens with one attached hydrogen (secondary N) is 1. The van der Waals surface area contributed by atoms with Crippen molar-refractivity contribution in [1.29, 1.82) is 0 Å². The van der Waals surface area contributed by atoms with Crippen LogP contribution in [0.4, 0.5) is 0 Å². The van der Waals surface area contributed by atoms with Gasteiger partial charge < -0.3 is 4.74 Å². The lowest BCUT2D eigenvalue weighted by Gasteiger charge is -2.26. The Morgan fingerprint density at radius 2 is 1.86 bits per heavy atom. The lowest BCUT2D eigenvalue weighted by Crippen LogP contribution is -2.35. The third kappa shape index (κ3) is 3.53. The molecule has 2 heterocycles. The molecule has 1 aliphatic rings. The zero-order valence-corrected chi connectivity index (χ0v) is 16.9. The van der Waals surface area contributed by atoms with E-state index in [9.17, 15) is 8.42 Å². The summed E-state index contributed by atoms with van der Waals surface area (Å²) >= 11 is 5.97. The first kappa shape index (κ1) is 19.0. The van der Waals surface area contributed by atoms with Gasteiger partial charge in [0.05, 0.1) is 17.2 Å². The van der Waals surface area contributed by atoms with Gasteiger partial charge in [-0.1, -0.05) is 23.7 Å². The van der Waals surface area contributed by atoms with Crippen molar-refractivity contribution in [1.82, 2.24) is 14.5 Å². The molecule has 3 aromatic rings. The summed E-state index contributed by atoms with van der Waals surface area (Å²) in [6.07, 6.45) is 0.589. The van der Waals surface area contributed by atoms with Gasteiger partial charge in [0.15, 0.2) is 0 Å². The molecule has 0 fully saturated rings. The van der Waals surface area contributed by atoms with Crippen LogP contribution in [0.2, 0.25) is 5.02 Å². The molecule has 0 saturated heterocycles. The van der Waals surface area contributed by atoms with Gasteiger partial charge in [0, 0.05) is 41.4 Å². The van der Waals surface area contributed by atoms with Crippen LogP contribution >= 0.6 is 11.6 Å². The van der Waals surface area contributed by atoms with Gasteiger partial charge in [0.2, 0.25) is 10.0 Å². The fourth-order valence-corrected chi connectivity index (χ4v) is 4.88. The van der Waals surface area contributed by atoms with Gasteiger partial charge in [0.25, 0.3) is 0 Å². The minimum atomic E-state index is -3.61. The molecule has 2 aromatic carbocycles. The van der Waals surface area contributed by atoms with Crippen molar-refractivity contribution >= 4 is 21.6 Å². The average Bonchev–Trinajstić information content (AvgIpc) is 3.12. The second-order valence-corrected chi connectivity index (χ2v) is 8.90. The Morgan fingerprint density at radius 1 is 1.14 bits per heavy atom. The van der Waals surface area contributed by atoms with Crippen molar-refractivity contribution in [3.05, 3.63) is 64.8 Å². The maximum absolute atomic E-state index is 13.1. The van der Waals surface area contributed by atoms with Gasteiger partial charge in [-0.25, -0.2) is 8.42 Å². The molecule has 0 bridgehead atoms. The number of rotatable bonds is 5. The second kappa shape index (κ2) is 7.58. The molecule has 0 atom stereocenters. The average molecular weight is 418 g/mol. The summed E-state index contributed by atoms with van der Waals surface area (Å²) in [4.78, 5) is 0.260. The molecule has 1 aromatic heterocycles. The highest BCUT2D eigenvalue weighted by molar-refractivity contribution is 7.89. The normalized spacial score (nSPS) is 14.6. The highest BCUT2D eigenvalue weighted by atomic mass is 35.5. The van der Waals surface area contributed by atoms with Crippen molar-refractivity contribution < 1.29 is 13.2 Å². The lowest BCUT2D eigenvalue weighted by atomic mass is 10.0. The van der Waals surface area contributed by atoms with Gasteiger partial charge in [-0.05, 0) is 43.3 Å². The van der Waals surface area contributed by atoms with Crippen molar-refractivity contribution in [3.8, 4) is 17.0 Å². The molecular formula is C20H20ClN3O3S. The molecule has 1 aliphatic heterocycles. The van der Waals surface area contributed by atoms with E-state index >= 15 is 0 Å². The van der Waals surface area contributed by atoms with E-state index in [4.69, 9.17) is 16.3 Å². The second-order valence-electron chi connectivity index (χ2n) is 6.53. The Hall–Kier alpha value is -2.35. The van der Waals surface area contributed by atoms with Crippen LogP contribution in [0.5, 0.6) is 5.75 Å². The van der Waals surface area contributed by atoms with E-state index in [0.29, 0.717) is 30.3 Å². The first-order chi connectivity index (χ1) is 13.5. The Balaban J connectivity index is 1.62. The number of H-pyrrole nitrogens is 1. The van der Waals surface area contributed by atoms with E-state index in [1.807, 2.05) is 19.1 Å². The van der Waals surface area contributed by atoms with Crippen LogP contribution in [-0.4, -0.2) is 36.1 Å². The quantitative estimate of drug-likeness (QED) is 0.683. The summed E-state index contributed by atoms with van der Waals surface area (Å²) in [6.45, 7) is 3.11. The Labute approximate surface area is 169 Å². The van der Waals surface area contributed by atoms with E-state index < -0.39 is 10.0 Å². The molecule has 0 spiro atoms. The summed E-state index contributed by atoms with van der Waals surface area (Å²) < 4.78 is 33.1. The molecule has 0 aliphatic carbocycles. The number of hydrogen-bond acceptors (Lipinski definition) is 4. The molecular weight excluding hydrogens is 398 g/mol. The first-order valence-electron chi connectivity index (χ1n) is 9.04. The smallest absolute Gasteiger partial charge is 0.243 e. The maximum Gasteiger partial charge on any atom is 0.243 e. The Morgan fingerprint density at radius 3 is 2.54 bits per heavy atom. The Bertz CT molecular complexity index is 1080. The molecule has 4 rings (SSSR count). The number of fused-ring (bicyclic) bond motifs is 1. The van der Waals surface area contributed by atoms with E-state index in [-0.39, 0.29) is 11.4 Å². The van der Waals surface area contributed by atoms with E-state index in [0.717, 1.165) is 22.5 Å². The molecule has 146 valence electrons. The van der Waals surface area contributed by atoms with E-state index in [1.165, 1.54) is 4.31 Å². The molecule has 28 heavy (non-hydrogen) atoms. The SMILES string of the molecule is CCOc1ccc(S(=O)(=O)N2CCc3[nH]nc(-c4ccc(Cl)cc4)c3C2)cc1. The number of hydrogen-bond donors (Lipinski definition) is 1. The number of benzene rings is 2. The zero-order chi connectivity index (χ0) is 19.7. The minimum Gasteiger partial charge on any atom is -0.494 e. The summed E-state index contributed by atoms with van der Waals surface area (Å²) in [6, 6.07) is 13.9. The number of ether oxygens (including phenoxy) is 1. The van der Waals surface area contributed by atoms with Gasteiger partial charge >= 0.3 is 0 Å². The predicted molar refractivity (Wildman–Crippen MR) is 108 cm³/mol. The molecule has 0 radical (unpaired) electrons. The van der Waals surface area contributed by atoms with Crippen molar-refractivity contribution in [2.75, 3.05) is 13.2 Å². The topological polar surface area (TPSA) is 75.3 Å². The highest BCUT2D eigenvalue weighted by Gasteiger charge is 2.31. The van der Waals surface area contributed by atoms with Crippen molar-refractivity contribution in [3.63, 3.8) is 0 Å². The molecule has 8 heteroatoms. The van der Waals surface area contributed by atoms with Crippen molar-refractivity contribution in [2.24, 2.45) is 0 Å². The van der Waals surface area contributed by atoms with E-state index in [2.05, 4.69) is 10.2 Å². The fourth-order valence-electron chi connectivity index (χ4n) is 3.35. The summed E-state index contributed by atoms with van der Waals surface area (Å²) in [7, 11) is -3.61. The van der Waals surface area contributed by atoms with Crippen LogP contribution in [0, 0.1) is 0 Å².